The van der Waals surface area contributed by atoms with Crippen molar-refractivity contribution < 1.29 is 14.3 Å². The monoisotopic (exact) mass is 190 g/mol. The number of carbonyl (C=O) groups is 1. The van der Waals surface area contributed by atoms with Crippen LogP contribution in [0.25, 0.3) is 0 Å². The van der Waals surface area contributed by atoms with Crippen LogP contribution in [0.4, 0.5) is 0 Å². The van der Waals surface area contributed by atoms with Crippen molar-refractivity contribution in [1.82, 2.24) is 0 Å². The van der Waals surface area contributed by atoms with Gasteiger partial charge in [-0.2, -0.15) is 0 Å². The molecule has 0 spiro atoms. The molecule has 0 aromatic carbocycles. The highest BCUT2D eigenvalue weighted by molar-refractivity contribution is 6.69. The molecule has 0 bridgehead atoms. The average Bonchev–Trinajstić information content (AvgIpc) is 1.82. The zero-order valence-corrected chi connectivity index (χ0v) is 9.42. The SMILES string of the molecule is C[C@H](O[Si](C)(C)C)[C@@H](C)C(=O)O. The van der Waals surface area contributed by atoms with E-state index in [-0.39, 0.29) is 6.10 Å². The van der Waals surface area contributed by atoms with E-state index in [2.05, 4.69) is 19.6 Å². The Morgan fingerprint density at radius 2 is 1.75 bits per heavy atom. The van der Waals surface area contributed by atoms with Gasteiger partial charge in [-0.1, -0.05) is 0 Å². The lowest BCUT2D eigenvalue weighted by Gasteiger charge is -2.25. The van der Waals surface area contributed by atoms with E-state index in [9.17, 15) is 4.79 Å². The number of carboxylic acids is 1. The summed E-state index contributed by atoms with van der Waals surface area (Å²) in [6.45, 7) is 9.65. The fraction of sp³-hybridized carbons (Fsp3) is 0.875. The topological polar surface area (TPSA) is 46.5 Å². The minimum atomic E-state index is -1.59. The summed E-state index contributed by atoms with van der Waals surface area (Å²) in [4.78, 5) is 10.6. The maximum atomic E-state index is 10.6. The smallest absolute Gasteiger partial charge is 0.308 e. The van der Waals surface area contributed by atoms with E-state index in [0.717, 1.165) is 0 Å². The summed E-state index contributed by atoms with van der Waals surface area (Å²) in [5.41, 5.74) is 0. The summed E-state index contributed by atoms with van der Waals surface area (Å²) in [6, 6.07) is 0. The highest BCUT2D eigenvalue weighted by Crippen LogP contribution is 2.13. The van der Waals surface area contributed by atoms with Gasteiger partial charge in [0.05, 0.1) is 12.0 Å². The predicted octanol–water partition coefficient (Wildman–Crippen LogP) is 1.95. The van der Waals surface area contributed by atoms with Gasteiger partial charge in [-0.25, -0.2) is 0 Å². The lowest BCUT2D eigenvalue weighted by atomic mass is 10.1. The van der Waals surface area contributed by atoms with Crippen LogP contribution in [0.2, 0.25) is 19.6 Å². The minimum Gasteiger partial charge on any atom is -0.481 e. The van der Waals surface area contributed by atoms with Crippen LogP contribution in [0.15, 0.2) is 0 Å². The fourth-order valence-electron chi connectivity index (χ4n) is 0.861. The average molecular weight is 190 g/mol. The van der Waals surface area contributed by atoms with Crippen molar-refractivity contribution in [2.45, 2.75) is 39.6 Å². The molecule has 1 N–H and O–H groups in total. The third kappa shape index (κ3) is 4.51. The number of hydrogen-bond acceptors (Lipinski definition) is 2. The summed E-state index contributed by atoms with van der Waals surface area (Å²) in [5.74, 6) is -1.21. The van der Waals surface area contributed by atoms with Gasteiger partial charge in [0.25, 0.3) is 0 Å². The van der Waals surface area contributed by atoms with Crippen molar-refractivity contribution in [2.24, 2.45) is 5.92 Å². The zero-order chi connectivity index (χ0) is 9.94. The van der Waals surface area contributed by atoms with Crippen LogP contribution in [0, 0.1) is 5.92 Å². The maximum absolute atomic E-state index is 10.6. The first-order valence-corrected chi connectivity index (χ1v) is 7.55. The molecule has 3 nitrogen and oxygen atoms in total. The maximum Gasteiger partial charge on any atom is 0.308 e. The Balaban J connectivity index is 4.04. The number of carboxylic acid groups (broad SMARTS) is 1. The van der Waals surface area contributed by atoms with E-state index < -0.39 is 20.2 Å². The molecule has 0 radical (unpaired) electrons. The molecule has 12 heavy (non-hydrogen) atoms. The van der Waals surface area contributed by atoms with Gasteiger partial charge < -0.3 is 9.53 Å². The summed E-state index contributed by atoms with van der Waals surface area (Å²) in [5, 5.41) is 8.68. The number of rotatable bonds is 4. The molecule has 0 aliphatic carbocycles. The predicted molar refractivity (Wildman–Crippen MR) is 50.7 cm³/mol. The second kappa shape index (κ2) is 4.05. The molecule has 0 aromatic heterocycles. The lowest BCUT2D eigenvalue weighted by Crippen LogP contribution is -2.36. The Morgan fingerprint density at radius 3 is 2.00 bits per heavy atom. The van der Waals surface area contributed by atoms with Crippen LogP contribution in [0.3, 0.4) is 0 Å². The molecular formula is C8H18O3Si. The molecule has 0 amide bonds. The molecule has 0 fully saturated rings. The van der Waals surface area contributed by atoms with E-state index in [1.807, 2.05) is 6.92 Å². The highest BCUT2D eigenvalue weighted by atomic mass is 28.4. The molecule has 0 aliphatic heterocycles. The van der Waals surface area contributed by atoms with Crippen LogP contribution in [0.1, 0.15) is 13.8 Å². The third-order valence-electron chi connectivity index (χ3n) is 1.63. The van der Waals surface area contributed by atoms with Crippen molar-refractivity contribution in [2.75, 3.05) is 0 Å². The zero-order valence-electron chi connectivity index (χ0n) is 8.42. The summed E-state index contributed by atoms with van der Waals surface area (Å²) in [7, 11) is -1.59. The van der Waals surface area contributed by atoms with Gasteiger partial charge in [0.15, 0.2) is 8.32 Å². The van der Waals surface area contributed by atoms with Crippen molar-refractivity contribution in [1.29, 1.82) is 0 Å². The first-order chi connectivity index (χ1) is 5.24. The number of hydrogen-bond donors (Lipinski definition) is 1. The van der Waals surface area contributed by atoms with Crippen LogP contribution in [0.5, 0.6) is 0 Å². The molecule has 0 unspecified atom stereocenters. The largest absolute Gasteiger partial charge is 0.481 e. The normalized spacial score (nSPS) is 17.1. The van der Waals surface area contributed by atoms with Gasteiger partial charge in [0.2, 0.25) is 0 Å². The van der Waals surface area contributed by atoms with Gasteiger partial charge >= 0.3 is 5.97 Å². The minimum absolute atomic E-state index is 0.186. The molecule has 0 saturated carbocycles. The third-order valence-corrected chi connectivity index (χ3v) is 2.71. The van der Waals surface area contributed by atoms with Crippen molar-refractivity contribution in [3.63, 3.8) is 0 Å². The summed E-state index contributed by atoms with van der Waals surface area (Å²) in [6.07, 6.45) is -0.186. The Hall–Kier alpha value is -0.353. The first kappa shape index (κ1) is 11.6. The van der Waals surface area contributed by atoms with E-state index in [1.54, 1.807) is 6.92 Å². The van der Waals surface area contributed by atoms with Crippen molar-refractivity contribution in [3.8, 4) is 0 Å². The molecule has 0 saturated heterocycles. The summed E-state index contributed by atoms with van der Waals surface area (Å²) < 4.78 is 5.62. The molecular weight excluding hydrogens is 172 g/mol. The Bertz CT molecular complexity index is 162. The molecule has 2 atom stereocenters. The van der Waals surface area contributed by atoms with Crippen molar-refractivity contribution >= 4 is 14.3 Å². The van der Waals surface area contributed by atoms with E-state index in [1.165, 1.54) is 0 Å². The fourth-order valence-corrected chi connectivity index (χ4v) is 2.18. The van der Waals surface area contributed by atoms with Gasteiger partial charge in [0, 0.05) is 0 Å². The molecule has 0 aliphatic rings. The lowest BCUT2D eigenvalue weighted by molar-refractivity contribution is -0.143. The summed E-state index contributed by atoms with van der Waals surface area (Å²) >= 11 is 0. The van der Waals surface area contributed by atoms with Gasteiger partial charge in [0.1, 0.15) is 0 Å². The van der Waals surface area contributed by atoms with Gasteiger partial charge in [-0.3, -0.25) is 4.79 Å². The Kier molecular flexibility index (Phi) is 3.93. The van der Waals surface area contributed by atoms with E-state index in [4.69, 9.17) is 9.53 Å². The molecule has 0 rings (SSSR count). The van der Waals surface area contributed by atoms with Gasteiger partial charge in [-0.05, 0) is 33.5 Å². The quantitative estimate of drug-likeness (QED) is 0.689. The molecule has 0 heterocycles. The van der Waals surface area contributed by atoms with Gasteiger partial charge in [-0.15, -0.1) is 0 Å². The molecule has 0 aromatic rings. The second-order valence-corrected chi connectivity index (χ2v) is 8.52. The standard InChI is InChI=1S/C8H18O3Si/c1-6(8(9)10)7(2)11-12(3,4)5/h6-7H,1-5H3,(H,9,10)/t6-,7+/m1/s1. The van der Waals surface area contributed by atoms with Crippen LogP contribution < -0.4 is 0 Å². The highest BCUT2D eigenvalue weighted by Gasteiger charge is 2.25. The first-order valence-electron chi connectivity index (χ1n) is 4.14. The van der Waals surface area contributed by atoms with Crippen LogP contribution in [-0.2, 0) is 9.22 Å². The molecule has 4 heteroatoms. The van der Waals surface area contributed by atoms with Crippen LogP contribution >= 0.6 is 0 Å². The Labute approximate surface area is 74.9 Å². The van der Waals surface area contributed by atoms with Crippen molar-refractivity contribution in [3.05, 3.63) is 0 Å². The van der Waals surface area contributed by atoms with E-state index in [0.29, 0.717) is 0 Å². The Morgan fingerprint density at radius 1 is 1.33 bits per heavy atom. The second-order valence-electron chi connectivity index (χ2n) is 4.06. The molecule has 72 valence electrons. The van der Waals surface area contributed by atoms with E-state index >= 15 is 0 Å². The van der Waals surface area contributed by atoms with Crippen LogP contribution in [-0.4, -0.2) is 25.5 Å². The number of aliphatic carboxylic acids is 1.